The van der Waals surface area contributed by atoms with Crippen molar-refractivity contribution in [3.05, 3.63) is 29.8 Å². The maximum absolute atomic E-state index is 12.0. The average molecular weight is 260 g/mol. The largest absolute Gasteiger partial charge is 0.327 e. The zero-order chi connectivity index (χ0) is 13.8. The molecule has 1 amide bonds. The predicted octanol–water partition coefficient (Wildman–Crippen LogP) is 3.27. The molecule has 1 fully saturated rings. The molecule has 0 saturated heterocycles. The Morgan fingerprint density at radius 1 is 1.32 bits per heavy atom. The summed E-state index contributed by atoms with van der Waals surface area (Å²) < 4.78 is 0. The molecule has 1 aliphatic carbocycles. The third-order valence-corrected chi connectivity index (χ3v) is 4.03. The van der Waals surface area contributed by atoms with Crippen LogP contribution >= 0.6 is 0 Å². The molecule has 3 N–H and O–H groups in total. The Morgan fingerprint density at radius 3 is 2.53 bits per heavy atom. The highest BCUT2D eigenvalue weighted by Gasteiger charge is 2.25. The van der Waals surface area contributed by atoms with Gasteiger partial charge in [0.2, 0.25) is 5.91 Å². The van der Waals surface area contributed by atoms with E-state index in [4.69, 9.17) is 5.73 Å². The summed E-state index contributed by atoms with van der Waals surface area (Å²) in [6, 6.07) is 8.29. The Labute approximate surface area is 115 Å². The Bertz CT molecular complexity index is 425. The molecule has 0 spiro atoms. The van der Waals surface area contributed by atoms with Crippen LogP contribution in [0.15, 0.2) is 24.3 Å². The molecule has 0 aliphatic heterocycles. The lowest BCUT2D eigenvalue weighted by atomic mass is 9.99. The summed E-state index contributed by atoms with van der Waals surface area (Å²) in [5, 5.41) is 2.96. The number of hydrogen-bond acceptors (Lipinski definition) is 2. The number of nitrogens with two attached hydrogens (primary N) is 1. The number of nitrogens with one attached hydrogen (secondary N) is 1. The minimum atomic E-state index is 0.0830. The number of carbonyl (C=O) groups excluding carboxylic acids is 1. The van der Waals surface area contributed by atoms with Gasteiger partial charge in [0.15, 0.2) is 0 Å². The van der Waals surface area contributed by atoms with Crippen LogP contribution in [0.2, 0.25) is 0 Å². The van der Waals surface area contributed by atoms with Crippen molar-refractivity contribution in [2.45, 2.75) is 51.5 Å². The van der Waals surface area contributed by atoms with E-state index in [9.17, 15) is 4.79 Å². The highest BCUT2D eigenvalue weighted by molar-refractivity contribution is 5.90. The van der Waals surface area contributed by atoms with Crippen LogP contribution < -0.4 is 11.1 Å². The van der Waals surface area contributed by atoms with Crippen LogP contribution in [-0.2, 0) is 4.79 Å². The van der Waals surface area contributed by atoms with Crippen molar-refractivity contribution < 1.29 is 4.79 Å². The van der Waals surface area contributed by atoms with Gasteiger partial charge in [-0.2, -0.15) is 0 Å². The van der Waals surface area contributed by atoms with Gasteiger partial charge in [-0.1, -0.05) is 32.4 Å². The van der Waals surface area contributed by atoms with Crippen molar-refractivity contribution in [2.24, 2.45) is 11.7 Å². The van der Waals surface area contributed by atoms with E-state index in [1.165, 1.54) is 5.56 Å². The normalized spacial score (nSPS) is 22.7. The monoisotopic (exact) mass is 260 g/mol. The molecule has 3 heteroatoms. The highest BCUT2D eigenvalue weighted by Crippen LogP contribution is 2.27. The first-order chi connectivity index (χ1) is 9.06. The third kappa shape index (κ3) is 3.80. The molecule has 1 aromatic carbocycles. The minimum Gasteiger partial charge on any atom is -0.327 e. The number of hydrogen-bond donors (Lipinski definition) is 2. The van der Waals surface area contributed by atoms with Gasteiger partial charge in [0, 0.05) is 18.2 Å². The quantitative estimate of drug-likeness (QED) is 0.873. The summed E-state index contributed by atoms with van der Waals surface area (Å²) in [7, 11) is 0. The van der Waals surface area contributed by atoms with Crippen LogP contribution in [-0.4, -0.2) is 11.9 Å². The lowest BCUT2D eigenvalue weighted by Crippen LogP contribution is -2.28. The summed E-state index contributed by atoms with van der Waals surface area (Å²) in [5.41, 5.74) is 8.16. The van der Waals surface area contributed by atoms with Crippen LogP contribution in [0.3, 0.4) is 0 Å². The zero-order valence-electron chi connectivity index (χ0n) is 11.9. The van der Waals surface area contributed by atoms with E-state index >= 15 is 0 Å². The molecular weight excluding hydrogens is 236 g/mol. The first kappa shape index (κ1) is 14.1. The molecule has 0 aromatic heterocycles. The highest BCUT2D eigenvalue weighted by atomic mass is 16.1. The molecule has 1 aliphatic rings. The van der Waals surface area contributed by atoms with Gasteiger partial charge in [-0.25, -0.2) is 0 Å². The van der Waals surface area contributed by atoms with Crippen LogP contribution in [0.1, 0.15) is 51.0 Å². The third-order valence-electron chi connectivity index (χ3n) is 4.03. The number of amides is 1. The van der Waals surface area contributed by atoms with E-state index in [0.717, 1.165) is 24.9 Å². The average Bonchev–Trinajstić information content (AvgIpc) is 2.75. The van der Waals surface area contributed by atoms with E-state index in [2.05, 4.69) is 31.3 Å². The smallest absolute Gasteiger partial charge is 0.224 e. The van der Waals surface area contributed by atoms with Crippen molar-refractivity contribution in [1.29, 1.82) is 0 Å². The minimum absolute atomic E-state index is 0.0830. The fourth-order valence-electron chi connectivity index (χ4n) is 2.72. The van der Waals surface area contributed by atoms with Crippen molar-refractivity contribution in [3.8, 4) is 0 Å². The molecule has 2 atom stereocenters. The molecule has 2 rings (SSSR count). The fourth-order valence-corrected chi connectivity index (χ4v) is 2.72. The van der Waals surface area contributed by atoms with Gasteiger partial charge in [0.05, 0.1) is 0 Å². The fraction of sp³-hybridized carbons (Fsp3) is 0.562. The van der Waals surface area contributed by atoms with Gasteiger partial charge in [0.1, 0.15) is 0 Å². The van der Waals surface area contributed by atoms with Crippen molar-refractivity contribution >= 4 is 11.6 Å². The Hall–Kier alpha value is -1.35. The molecule has 0 heterocycles. The van der Waals surface area contributed by atoms with Crippen LogP contribution in [0.4, 0.5) is 5.69 Å². The van der Waals surface area contributed by atoms with E-state index in [0.29, 0.717) is 18.3 Å². The first-order valence-corrected chi connectivity index (χ1v) is 7.21. The molecule has 104 valence electrons. The molecule has 0 unspecified atom stereocenters. The summed E-state index contributed by atoms with van der Waals surface area (Å²) in [5.74, 6) is 0.954. The number of benzene rings is 1. The van der Waals surface area contributed by atoms with Gasteiger partial charge in [-0.05, 0) is 42.4 Å². The SMILES string of the molecule is CC(C)c1ccc(NC(=O)C[C@@H]2CCC[C@H]2N)cc1. The van der Waals surface area contributed by atoms with E-state index in [1.54, 1.807) is 0 Å². The second kappa shape index (κ2) is 6.20. The number of anilines is 1. The summed E-state index contributed by atoms with van der Waals surface area (Å²) >= 11 is 0. The van der Waals surface area contributed by atoms with Crippen LogP contribution in [0, 0.1) is 5.92 Å². The Kier molecular flexibility index (Phi) is 4.59. The second-order valence-electron chi connectivity index (χ2n) is 5.88. The van der Waals surface area contributed by atoms with Gasteiger partial charge < -0.3 is 11.1 Å². The van der Waals surface area contributed by atoms with E-state index < -0.39 is 0 Å². The summed E-state index contributed by atoms with van der Waals surface area (Å²) in [6.45, 7) is 4.32. The zero-order valence-corrected chi connectivity index (χ0v) is 11.9. The lowest BCUT2D eigenvalue weighted by Gasteiger charge is -2.15. The standard InChI is InChI=1S/C16H24N2O/c1-11(2)12-6-8-14(9-7-12)18-16(19)10-13-4-3-5-15(13)17/h6-9,11,13,15H,3-5,10,17H2,1-2H3,(H,18,19)/t13-,15+/m0/s1. The molecule has 3 nitrogen and oxygen atoms in total. The molecule has 0 radical (unpaired) electrons. The Balaban J connectivity index is 1.88. The molecule has 1 saturated carbocycles. The van der Waals surface area contributed by atoms with Crippen molar-refractivity contribution in [3.63, 3.8) is 0 Å². The van der Waals surface area contributed by atoms with Crippen LogP contribution in [0.5, 0.6) is 0 Å². The molecule has 0 bridgehead atoms. The van der Waals surface area contributed by atoms with Gasteiger partial charge in [0.25, 0.3) is 0 Å². The predicted molar refractivity (Wildman–Crippen MR) is 79.1 cm³/mol. The van der Waals surface area contributed by atoms with Crippen molar-refractivity contribution in [2.75, 3.05) is 5.32 Å². The van der Waals surface area contributed by atoms with E-state index in [-0.39, 0.29) is 11.9 Å². The topological polar surface area (TPSA) is 55.1 Å². The van der Waals surface area contributed by atoms with Gasteiger partial charge in [-0.15, -0.1) is 0 Å². The van der Waals surface area contributed by atoms with Gasteiger partial charge in [-0.3, -0.25) is 4.79 Å². The molecule has 19 heavy (non-hydrogen) atoms. The summed E-state index contributed by atoms with van der Waals surface area (Å²) in [6.07, 6.45) is 3.84. The maximum atomic E-state index is 12.0. The molecule has 1 aromatic rings. The van der Waals surface area contributed by atoms with E-state index in [1.807, 2.05) is 12.1 Å². The second-order valence-corrected chi connectivity index (χ2v) is 5.88. The molecular formula is C16H24N2O. The van der Waals surface area contributed by atoms with Crippen molar-refractivity contribution in [1.82, 2.24) is 0 Å². The maximum Gasteiger partial charge on any atom is 0.224 e. The lowest BCUT2D eigenvalue weighted by molar-refractivity contribution is -0.117. The Morgan fingerprint density at radius 2 is 2.00 bits per heavy atom. The number of carbonyl (C=O) groups is 1. The first-order valence-electron chi connectivity index (χ1n) is 7.21. The van der Waals surface area contributed by atoms with Crippen LogP contribution in [0.25, 0.3) is 0 Å². The number of rotatable bonds is 4. The summed E-state index contributed by atoms with van der Waals surface area (Å²) in [4.78, 5) is 12.0. The van der Waals surface area contributed by atoms with Gasteiger partial charge >= 0.3 is 0 Å².